The quantitative estimate of drug-likeness (QED) is 0.834. The molecule has 0 radical (unpaired) electrons. The maximum atomic E-state index is 13.2. The number of rotatable bonds is 5. The first kappa shape index (κ1) is 18.0. The highest BCUT2D eigenvalue weighted by molar-refractivity contribution is 5.92. The summed E-state index contributed by atoms with van der Waals surface area (Å²) in [5.74, 6) is 0.0864. The van der Waals surface area contributed by atoms with E-state index in [1.54, 1.807) is 0 Å². The number of ether oxygens (including phenoxy) is 2. The molecule has 1 aliphatic rings. The summed E-state index contributed by atoms with van der Waals surface area (Å²) in [6, 6.07) is 14.3. The first-order valence-electron chi connectivity index (χ1n) is 8.80. The predicted octanol–water partition coefficient (Wildman–Crippen LogP) is 3.63. The first-order chi connectivity index (χ1) is 12.6. The van der Waals surface area contributed by atoms with Gasteiger partial charge in [-0.25, -0.2) is 4.79 Å². The number of para-hydroxylation sites is 2. The van der Waals surface area contributed by atoms with Crippen LogP contribution in [0.4, 0.5) is 0 Å². The van der Waals surface area contributed by atoms with Crippen LogP contribution in [0.2, 0.25) is 0 Å². The third-order valence-electron chi connectivity index (χ3n) is 4.91. The highest BCUT2D eigenvalue weighted by Gasteiger charge is 2.35. The lowest BCUT2D eigenvalue weighted by Crippen LogP contribution is -2.47. The Hall–Kier alpha value is -2.82. The molecule has 3 rings (SSSR count). The van der Waals surface area contributed by atoms with Crippen LogP contribution in [-0.4, -0.2) is 25.0 Å². The number of carbonyl (C=O) groups excluding carboxylic acids is 2. The molecule has 2 aromatic rings. The van der Waals surface area contributed by atoms with E-state index < -0.39 is 17.9 Å². The van der Waals surface area contributed by atoms with Gasteiger partial charge < -0.3 is 14.8 Å². The number of methoxy groups -OCH3 is 1. The second-order valence-corrected chi connectivity index (χ2v) is 6.51. The summed E-state index contributed by atoms with van der Waals surface area (Å²) in [6.45, 7) is 3.90. The van der Waals surface area contributed by atoms with Gasteiger partial charge in [-0.3, -0.25) is 4.79 Å². The summed E-state index contributed by atoms with van der Waals surface area (Å²) in [5.41, 5.74) is 1.58. The Balaban J connectivity index is 1.97. The number of fused-ring (bicyclic) bond motifs is 2. The highest BCUT2D eigenvalue weighted by atomic mass is 16.5. The van der Waals surface area contributed by atoms with Gasteiger partial charge in [-0.2, -0.15) is 0 Å². The number of hydrogen-bond donors (Lipinski definition) is 1. The van der Waals surface area contributed by atoms with Gasteiger partial charge in [0.05, 0.1) is 13.0 Å². The summed E-state index contributed by atoms with van der Waals surface area (Å²) in [6.07, 6.45) is 0.751. The lowest BCUT2D eigenvalue weighted by molar-refractivity contribution is -0.146. The fourth-order valence-electron chi connectivity index (χ4n) is 3.23. The Morgan fingerprint density at radius 3 is 2.12 bits per heavy atom. The van der Waals surface area contributed by atoms with Crippen LogP contribution in [-0.2, 0) is 14.3 Å². The molecule has 0 aliphatic carbocycles. The Bertz CT molecular complexity index is 772. The smallest absolute Gasteiger partial charge is 0.328 e. The van der Waals surface area contributed by atoms with E-state index in [2.05, 4.69) is 5.32 Å². The summed E-state index contributed by atoms with van der Waals surface area (Å²) in [4.78, 5) is 25.4. The van der Waals surface area contributed by atoms with Gasteiger partial charge in [0.2, 0.25) is 5.91 Å². The second-order valence-electron chi connectivity index (χ2n) is 6.51. The standard InChI is InChI=1S/C21H23NO4/c1-4-13(2)19(21(24)25-3)22-20(23)18-14-9-5-7-11-16(14)26-17-12-8-6-10-15(17)18/h5-13,18-19H,4H2,1-3H3,(H,22,23)/t13-,19-/m1/s1. The second kappa shape index (κ2) is 7.60. The highest BCUT2D eigenvalue weighted by Crippen LogP contribution is 2.43. The number of hydrogen-bond acceptors (Lipinski definition) is 4. The van der Waals surface area contributed by atoms with E-state index in [1.807, 2.05) is 62.4 Å². The molecule has 0 saturated heterocycles. The zero-order chi connectivity index (χ0) is 18.7. The van der Waals surface area contributed by atoms with E-state index in [1.165, 1.54) is 7.11 Å². The number of amides is 1. The van der Waals surface area contributed by atoms with E-state index >= 15 is 0 Å². The van der Waals surface area contributed by atoms with Crippen molar-refractivity contribution in [2.75, 3.05) is 7.11 Å². The molecule has 0 bridgehead atoms. The van der Waals surface area contributed by atoms with Crippen molar-refractivity contribution in [3.63, 3.8) is 0 Å². The summed E-state index contributed by atoms with van der Waals surface area (Å²) < 4.78 is 10.8. The van der Waals surface area contributed by atoms with Crippen LogP contribution in [0.3, 0.4) is 0 Å². The number of benzene rings is 2. The van der Waals surface area contributed by atoms with Crippen LogP contribution in [0.25, 0.3) is 0 Å². The number of carbonyl (C=O) groups is 2. The molecule has 0 fully saturated rings. The minimum Gasteiger partial charge on any atom is -0.467 e. The van der Waals surface area contributed by atoms with Gasteiger partial charge in [-0.05, 0) is 18.1 Å². The van der Waals surface area contributed by atoms with Crippen molar-refractivity contribution >= 4 is 11.9 Å². The molecule has 2 aromatic carbocycles. The van der Waals surface area contributed by atoms with E-state index in [0.717, 1.165) is 17.5 Å². The fraction of sp³-hybridized carbons (Fsp3) is 0.333. The zero-order valence-corrected chi connectivity index (χ0v) is 15.2. The van der Waals surface area contributed by atoms with Gasteiger partial charge in [0, 0.05) is 11.1 Å². The molecule has 1 aliphatic heterocycles. The van der Waals surface area contributed by atoms with Crippen molar-refractivity contribution in [2.45, 2.75) is 32.2 Å². The number of esters is 1. The van der Waals surface area contributed by atoms with Crippen molar-refractivity contribution in [3.8, 4) is 11.5 Å². The zero-order valence-electron chi connectivity index (χ0n) is 15.2. The molecule has 1 amide bonds. The SMILES string of the molecule is CC[C@@H](C)[C@@H](NC(=O)C1c2ccccc2Oc2ccccc21)C(=O)OC. The molecular formula is C21H23NO4. The molecule has 5 nitrogen and oxygen atoms in total. The van der Waals surface area contributed by atoms with Crippen LogP contribution in [0.1, 0.15) is 37.3 Å². The summed E-state index contributed by atoms with van der Waals surface area (Å²) in [7, 11) is 1.34. The first-order valence-corrected chi connectivity index (χ1v) is 8.80. The molecule has 5 heteroatoms. The van der Waals surface area contributed by atoms with Crippen molar-refractivity contribution in [2.24, 2.45) is 5.92 Å². The lowest BCUT2D eigenvalue weighted by atomic mass is 9.86. The van der Waals surface area contributed by atoms with E-state index in [4.69, 9.17) is 9.47 Å². The number of nitrogens with one attached hydrogen (secondary N) is 1. The molecule has 0 saturated carbocycles. The van der Waals surface area contributed by atoms with Gasteiger partial charge in [0.1, 0.15) is 17.5 Å². The Morgan fingerprint density at radius 1 is 1.08 bits per heavy atom. The largest absolute Gasteiger partial charge is 0.467 e. The maximum absolute atomic E-state index is 13.2. The van der Waals surface area contributed by atoms with Crippen LogP contribution in [0, 0.1) is 5.92 Å². The monoisotopic (exact) mass is 353 g/mol. The van der Waals surface area contributed by atoms with Crippen LogP contribution in [0.15, 0.2) is 48.5 Å². The van der Waals surface area contributed by atoms with Gasteiger partial charge in [-0.15, -0.1) is 0 Å². The lowest BCUT2D eigenvalue weighted by Gasteiger charge is -2.29. The van der Waals surface area contributed by atoms with Crippen LogP contribution < -0.4 is 10.1 Å². The minimum absolute atomic E-state index is 0.0308. The van der Waals surface area contributed by atoms with Crippen molar-refractivity contribution < 1.29 is 19.1 Å². The maximum Gasteiger partial charge on any atom is 0.328 e. The Kier molecular flexibility index (Phi) is 5.26. The van der Waals surface area contributed by atoms with Gasteiger partial charge in [0.15, 0.2) is 0 Å². The third-order valence-corrected chi connectivity index (χ3v) is 4.91. The molecule has 2 atom stereocenters. The molecule has 0 aromatic heterocycles. The molecule has 0 spiro atoms. The van der Waals surface area contributed by atoms with Crippen molar-refractivity contribution in [1.82, 2.24) is 5.32 Å². The van der Waals surface area contributed by atoms with Gasteiger partial charge >= 0.3 is 5.97 Å². The summed E-state index contributed by atoms with van der Waals surface area (Å²) in [5, 5.41) is 2.90. The van der Waals surface area contributed by atoms with Gasteiger partial charge in [-0.1, -0.05) is 56.7 Å². The third kappa shape index (κ3) is 3.29. The average molecular weight is 353 g/mol. The Morgan fingerprint density at radius 2 is 1.62 bits per heavy atom. The average Bonchev–Trinajstić information content (AvgIpc) is 2.68. The Labute approximate surface area is 153 Å². The van der Waals surface area contributed by atoms with Crippen molar-refractivity contribution in [1.29, 1.82) is 0 Å². The van der Waals surface area contributed by atoms with E-state index in [9.17, 15) is 9.59 Å². The molecule has 0 unspecified atom stereocenters. The normalized spacial score (nSPS) is 15.0. The van der Waals surface area contributed by atoms with E-state index in [0.29, 0.717) is 11.5 Å². The van der Waals surface area contributed by atoms with Crippen molar-refractivity contribution in [3.05, 3.63) is 59.7 Å². The van der Waals surface area contributed by atoms with Crippen LogP contribution >= 0.6 is 0 Å². The minimum atomic E-state index is -0.681. The van der Waals surface area contributed by atoms with E-state index in [-0.39, 0.29) is 11.8 Å². The molecule has 26 heavy (non-hydrogen) atoms. The van der Waals surface area contributed by atoms with Crippen LogP contribution in [0.5, 0.6) is 11.5 Å². The summed E-state index contributed by atoms with van der Waals surface area (Å²) >= 11 is 0. The molecule has 1 N–H and O–H groups in total. The van der Waals surface area contributed by atoms with Gasteiger partial charge in [0.25, 0.3) is 0 Å². The predicted molar refractivity (Wildman–Crippen MR) is 98.2 cm³/mol. The molecule has 1 heterocycles. The molecule has 136 valence electrons. The fourth-order valence-corrected chi connectivity index (χ4v) is 3.23. The topological polar surface area (TPSA) is 64.6 Å². The molecular weight excluding hydrogens is 330 g/mol.